The molecule has 1 N–H and O–H groups in total. The minimum Gasteiger partial charge on any atom is -0.481 e. The maximum atomic E-state index is 12.2. The molecule has 0 saturated heterocycles. The summed E-state index contributed by atoms with van der Waals surface area (Å²) in [5.74, 6) is 0.454. The second-order valence-electron chi connectivity index (χ2n) is 5.77. The third kappa shape index (κ3) is 3.74. The number of benzene rings is 1. The number of carbonyl (C=O) groups excluding carboxylic acids is 1. The number of fused-ring (bicyclic) bond motifs is 1. The Bertz CT molecular complexity index is 992. The van der Waals surface area contributed by atoms with Crippen LogP contribution in [0.15, 0.2) is 39.7 Å². The van der Waals surface area contributed by atoms with E-state index in [1.807, 2.05) is 19.9 Å². The minimum atomic E-state index is -0.764. The number of anilines is 1. The molecular formula is C18H20N4O4. The topological polar surface area (TPSA) is 99.2 Å². The number of aromatic nitrogens is 3. The van der Waals surface area contributed by atoms with Crippen LogP contribution in [-0.4, -0.2) is 27.0 Å². The van der Waals surface area contributed by atoms with Gasteiger partial charge in [0.15, 0.2) is 11.9 Å². The fourth-order valence-electron chi connectivity index (χ4n) is 2.57. The number of amides is 1. The lowest BCUT2D eigenvalue weighted by molar-refractivity contribution is -0.122. The van der Waals surface area contributed by atoms with Crippen LogP contribution in [0.4, 0.5) is 5.82 Å². The summed E-state index contributed by atoms with van der Waals surface area (Å²) >= 11 is 0. The molecule has 0 aliphatic rings. The number of ether oxygens (including phenoxy) is 1. The van der Waals surface area contributed by atoms with E-state index >= 15 is 0 Å². The van der Waals surface area contributed by atoms with E-state index in [0.717, 1.165) is 17.4 Å². The molecule has 0 fully saturated rings. The van der Waals surface area contributed by atoms with E-state index in [0.29, 0.717) is 23.7 Å². The van der Waals surface area contributed by atoms with Crippen molar-refractivity contribution < 1.29 is 13.9 Å². The van der Waals surface area contributed by atoms with Gasteiger partial charge in [-0.05, 0) is 38.0 Å². The largest absolute Gasteiger partial charge is 0.481 e. The Balaban J connectivity index is 1.75. The second-order valence-corrected chi connectivity index (χ2v) is 5.77. The highest BCUT2D eigenvalue weighted by Gasteiger charge is 2.17. The average molecular weight is 356 g/mol. The quantitative estimate of drug-likeness (QED) is 0.681. The van der Waals surface area contributed by atoms with Gasteiger partial charge in [0.25, 0.3) is 5.91 Å². The highest BCUT2D eigenvalue weighted by atomic mass is 16.5. The van der Waals surface area contributed by atoms with Gasteiger partial charge in [0.1, 0.15) is 11.3 Å². The maximum absolute atomic E-state index is 12.2. The van der Waals surface area contributed by atoms with Gasteiger partial charge in [-0.2, -0.15) is 9.90 Å². The zero-order valence-electron chi connectivity index (χ0n) is 14.9. The molecule has 0 spiro atoms. The van der Waals surface area contributed by atoms with E-state index in [9.17, 15) is 9.59 Å². The zero-order chi connectivity index (χ0) is 18.7. The summed E-state index contributed by atoms with van der Waals surface area (Å²) in [5, 5.41) is 11.6. The summed E-state index contributed by atoms with van der Waals surface area (Å²) < 4.78 is 10.9. The Kier molecular flexibility index (Phi) is 5.01. The first-order chi connectivity index (χ1) is 12.5. The van der Waals surface area contributed by atoms with E-state index in [-0.39, 0.29) is 5.91 Å². The molecule has 1 aromatic carbocycles. The summed E-state index contributed by atoms with van der Waals surface area (Å²) in [5.41, 5.74) is 0.939. The van der Waals surface area contributed by atoms with Crippen molar-refractivity contribution in [1.82, 2.24) is 15.0 Å². The van der Waals surface area contributed by atoms with E-state index in [1.165, 1.54) is 17.1 Å². The fraction of sp³-hybridized carbons (Fsp3) is 0.333. The van der Waals surface area contributed by atoms with Crippen LogP contribution < -0.4 is 15.7 Å². The van der Waals surface area contributed by atoms with E-state index in [4.69, 9.17) is 9.15 Å². The Morgan fingerprint density at radius 1 is 1.35 bits per heavy atom. The van der Waals surface area contributed by atoms with Gasteiger partial charge in [-0.3, -0.25) is 4.79 Å². The van der Waals surface area contributed by atoms with Crippen LogP contribution in [0.5, 0.6) is 5.75 Å². The van der Waals surface area contributed by atoms with Gasteiger partial charge >= 0.3 is 5.63 Å². The number of rotatable bonds is 6. The van der Waals surface area contributed by atoms with Crippen LogP contribution in [-0.2, 0) is 17.8 Å². The minimum absolute atomic E-state index is 0.350. The van der Waals surface area contributed by atoms with Gasteiger partial charge in [0.2, 0.25) is 0 Å². The number of aryl methyl sites for hydroxylation is 2. The molecule has 0 aliphatic carbocycles. The molecular weight excluding hydrogens is 336 g/mol. The van der Waals surface area contributed by atoms with Gasteiger partial charge in [0, 0.05) is 17.5 Å². The molecule has 2 heterocycles. The molecule has 1 atom stereocenters. The van der Waals surface area contributed by atoms with Crippen LogP contribution in [0.1, 0.15) is 26.3 Å². The van der Waals surface area contributed by atoms with Crippen LogP contribution in [0.25, 0.3) is 11.0 Å². The third-order valence-corrected chi connectivity index (χ3v) is 3.94. The van der Waals surface area contributed by atoms with Crippen molar-refractivity contribution in [2.24, 2.45) is 0 Å². The van der Waals surface area contributed by atoms with Crippen molar-refractivity contribution in [3.05, 3.63) is 46.4 Å². The molecule has 26 heavy (non-hydrogen) atoms. The Morgan fingerprint density at radius 3 is 2.85 bits per heavy atom. The van der Waals surface area contributed by atoms with Gasteiger partial charge < -0.3 is 14.5 Å². The molecule has 0 radical (unpaired) electrons. The normalized spacial score (nSPS) is 12.1. The lowest BCUT2D eigenvalue weighted by atomic mass is 10.1. The van der Waals surface area contributed by atoms with E-state index < -0.39 is 11.7 Å². The van der Waals surface area contributed by atoms with Crippen molar-refractivity contribution >= 4 is 22.7 Å². The number of hydrogen-bond donors (Lipinski definition) is 1. The van der Waals surface area contributed by atoms with Gasteiger partial charge in [0.05, 0.1) is 12.7 Å². The van der Waals surface area contributed by atoms with Crippen molar-refractivity contribution in [3.8, 4) is 5.75 Å². The Morgan fingerprint density at radius 2 is 2.15 bits per heavy atom. The predicted molar refractivity (Wildman–Crippen MR) is 96.3 cm³/mol. The number of carbonyl (C=O) groups is 1. The summed E-state index contributed by atoms with van der Waals surface area (Å²) in [7, 11) is 0. The van der Waals surface area contributed by atoms with E-state index in [2.05, 4.69) is 15.5 Å². The maximum Gasteiger partial charge on any atom is 0.336 e. The average Bonchev–Trinajstić information content (AvgIpc) is 3.08. The molecule has 3 aromatic rings. The smallest absolute Gasteiger partial charge is 0.336 e. The lowest BCUT2D eigenvalue weighted by Gasteiger charge is -2.14. The molecule has 8 heteroatoms. The first-order valence-corrected chi connectivity index (χ1v) is 8.44. The molecule has 0 aliphatic heterocycles. The van der Waals surface area contributed by atoms with Crippen LogP contribution in [0.3, 0.4) is 0 Å². The Labute approximate surface area is 149 Å². The van der Waals surface area contributed by atoms with Crippen molar-refractivity contribution in [2.45, 2.75) is 39.8 Å². The van der Waals surface area contributed by atoms with Crippen molar-refractivity contribution in [1.29, 1.82) is 0 Å². The molecule has 0 bridgehead atoms. The van der Waals surface area contributed by atoms with Crippen LogP contribution in [0, 0.1) is 0 Å². The highest BCUT2D eigenvalue weighted by molar-refractivity contribution is 5.93. The van der Waals surface area contributed by atoms with Crippen LogP contribution in [0.2, 0.25) is 0 Å². The summed E-state index contributed by atoms with van der Waals surface area (Å²) in [4.78, 5) is 25.4. The molecule has 3 rings (SSSR count). The molecule has 8 nitrogen and oxygen atoms in total. The predicted octanol–water partition coefficient (Wildman–Crippen LogP) is 2.37. The number of nitrogens with zero attached hydrogens (tertiary/aromatic N) is 3. The van der Waals surface area contributed by atoms with E-state index in [1.54, 1.807) is 19.1 Å². The second kappa shape index (κ2) is 7.38. The third-order valence-electron chi connectivity index (χ3n) is 3.94. The molecule has 2 aromatic heterocycles. The lowest BCUT2D eigenvalue weighted by Crippen LogP contribution is -2.30. The first kappa shape index (κ1) is 17.7. The highest BCUT2D eigenvalue weighted by Crippen LogP contribution is 2.23. The molecule has 0 saturated carbocycles. The molecule has 1 unspecified atom stereocenters. The fourth-order valence-corrected chi connectivity index (χ4v) is 2.57. The van der Waals surface area contributed by atoms with Crippen molar-refractivity contribution in [2.75, 3.05) is 5.32 Å². The molecule has 1 amide bonds. The zero-order valence-corrected chi connectivity index (χ0v) is 14.9. The number of nitrogens with one attached hydrogen (secondary N) is 1. The van der Waals surface area contributed by atoms with Crippen molar-refractivity contribution in [3.63, 3.8) is 0 Å². The Hall–Kier alpha value is -3.16. The standard InChI is InChI=1S/C18H20N4O4/c1-4-12-8-17(23)26-15-9-13(6-7-14(12)15)25-11(3)18(24)20-16-10-19-22(5-2)21-16/h6-11H,4-5H2,1-3H3,(H,20,21,24). The first-order valence-electron chi connectivity index (χ1n) is 8.44. The molecule has 136 valence electrons. The monoisotopic (exact) mass is 356 g/mol. The van der Waals surface area contributed by atoms with Gasteiger partial charge in [-0.25, -0.2) is 4.79 Å². The SMILES string of the molecule is CCc1cc(=O)oc2cc(OC(C)C(=O)Nc3cnn(CC)n3)ccc12. The van der Waals surface area contributed by atoms with Gasteiger partial charge in [-0.1, -0.05) is 6.92 Å². The van der Waals surface area contributed by atoms with Crippen LogP contribution >= 0.6 is 0 Å². The number of hydrogen-bond acceptors (Lipinski definition) is 6. The summed E-state index contributed by atoms with van der Waals surface area (Å²) in [6.07, 6.45) is 1.44. The summed E-state index contributed by atoms with van der Waals surface area (Å²) in [6.45, 7) is 6.12. The van der Waals surface area contributed by atoms with Gasteiger partial charge in [-0.15, -0.1) is 5.10 Å². The summed E-state index contributed by atoms with van der Waals surface area (Å²) in [6, 6.07) is 6.68.